The van der Waals surface area contributed by atoms with E-state index in [1.54, 1.807) is 0 Å². The van der Waals surface area contributed by atoms with Crippen molar-refractivity contribution in [2.24, 2.45) is 0 Å². The van der Waals surface area contributed by atoms with Gasteiger partial charge in [-0.3, -0.25) is 0 Å². The van der Waals surface area contributed by atoms with Crippen LogP contribution in [0.1, 0.15) is 0 Å². The second-order valence-electron chi connectivity index (χ2n) is 2.77. The molecule has 0 aromatic carbocycles. The van der Waals surface area contributed by atoms with Gasteiger partial charge in [-0.05, 0) is 40.5 Å². The minimum absolute atomic E-state index is 0.0234. The highest BCUT2D eigenvalue weighted by molar-refractivity contribution is 7.76. The third kappa shape index (κ3) is 2.52. The zero-order valence-corrected chi connectivity index (χ0v) is 8.60. The van der Waals surface area contributed by atoms with Gasteiger partial charge in [-0.2, -0.15) is 0 Å². The third-order valence-electron chi connectivity index (χ3n) is 1.66. The van der Waals surface area contributed by atoms with E-state index in [1.165, 1.54) is 0 Å². The Morgan fingerprint density at radius 2 is 1.11 bits per heavy atom. The molecule has 0 rings (SSSR count). The van der Waals surface area contributed by atoms with Gasteiger partial charge in [0.05, 0.1) is 0 Å². The third-order valence-corrected chi connectivity index (χ3v) is 7.39. The summed E-state index contributed by atoms with van der Waals surface area (Å²) in [6, 6.07) is 0. The van der Waals surface area contributed by atoms with Crippen molar-refractivity contribution in [1.29, 1.82) is 0 Å². The molecule has 2 radical (unpaired) electrons. The number of rotatable bonds is 2. The molecule has 0 amide bonds. The van der Waals surface area contributed by atoms with Gasteiger partial charge in [-0.25, -0.2) is 0 Å². The van der Waals surface area contributed by atoms with Crippen LogP contribution in [0.5, 0.6) is 0 Å². The van der Waals surface area contributed by atoms with E-state index in [0.29, 0.717) is 0 Å². The highest BCUT2D eigenvalue weighted by Gasteiger charge is 2.25. The molecule has 0 heterocycles. The van der Waals surface area contributed by atoms with Gasteiger partial charge in [0.15, 0.2) is 0 Å². The first kappa shape index (κ1) is 9.86. The first-order valence-corrected chi connectivity index (χ1v) is 7.42. The predicted molar refractivity (Wildman–Crippen MR) is 51.0 cm³/mol. The Balaban J connectivity index is 4.01. The lowest BCUT2D eigenvalue weighted by Crippen LogP contribution is -2.13. The molecule has 0 N–H and O–H groups in total. The Kier molecular flexibility index (Phi) is 3.63. The maximum absolute atomic E-state index is 4.12. The van der Waals surface area contributed by atoms with Gasteiger partial charge in [0, 0.05) is 4.90 Å². The van der Waals surface area contributed by atoms with Crippen molar-refractivity contribution in [3.8, 4) is 0 Å². The van der Waals surface area contributed by atoms with Gasteiger partial charge in [-0.1, -0.05) is 0 Å². The first-order valence-electron chi connectivity index (χ1n) is 2.94. The summed E-state index contributed by atoms with van der Waals surface area (Å²) in [4.78, 5) is 0.130. The molecule has 54 valence electrons. The number of hydrogen-bond donors (Lipinski definition) is 0. The van der Waals surface area contributed by atoms with Crippen molar-refractivity contribution in [1.82, 2.24) is 0 Å². The zero-order valence-electron chi connectivity index (χ0n) is 6.81. The molecule has 0 aromatic rings. The Bertz CT molecular complexity index is 74.9. The van der Waals surface area contributed by atoms with E-state index < -0.39 is 0 Å². The summed E-state index contributed by atoms with van der Waals surface area (Å²) in [5, 5.41) is 0. The quantitative estimate of drug-likeness (QED) is 0.547. The molecular formula is C7H16P2. The average molecular weight is 162 g/mol. The molecule has 0 atom stereocenters. The molecule has 0 unspecified atom stereocenters. The molecule has 0 fully saturated rings. The summed E-state index contributed by atoms with van der Waals surface area (Å²) in [5.74, 6) is 0. The normalized spacial score (nSPS) is 13.3. The average Bonchev–Trinajstić information content (AvgIpc) is 1.65. The van der Waals surface area contributed by atoms with Crippen molar-refractivity contribution in [3.05, 3.63) is 13.8 Å². The van der Waals surface area contributed by atoms with Gasteiger partial charge in [0.25, 0.3) is 0 Å². The Hall–Kier alpha value is 0.860. The zero-order chi connectivity index (χ0) is 7.65. The van der Waals surface area contributed by atoms with E-state index in [-0.39, 0.29) is 20.7 Å². The lowest BCUT2D eigenvalue weighted by molar-refractivity contribution is 1.26. The fourth-order valence-electron chi connectivity index (χ4n) is 0.400. The van der Waals surface area contributed by atoms with E-state index in [2.05, 4.69) is 40.5 Å². The standard InChI is InChI=1S/C7H16P2/c1-7(2,8(3)4)9(5)6/h1-2H2,3-6H3. The van der Waals surface area contributed by atoms with Crippen LogP contribution in [-0.4, -0.2) is 31.6 Å². The van der Waals surface area contributed by atoms with Gasteiger partial charge in [-0.15, -0.1) is 15.8 Å². The van der Waals surface area contributed by atoms with Crippen LogP contribution < -0.4 is 0 Å². The van der Waals surface area contributed by atoms with E-state index in [4.69, 9.17) is 0 Å². The van der Waals surface area contributed by atoms with Crippen molar-refractivity contribution in [2.75, 3.05) is 26.7 Å². The van der Waals surface area contributed by atoms with Crippen LogP contribution in [0.25, 0.3) is 0 Å². The molecule has 2 heteroatoms. The van der Waals surface area contributed by atoms with Gasteiger partial charge >= 0.3 is 0 Å². The molecule has 0 saturated carbocycles. The lowest BCUT2D eigenvalue weighted by atomic mass is 10.5. The molecule has 0 saturated heterocycles. The van der Waals surface area contributed by atoms with E-state index in [1.807, 2.05) is 0 Å². The van der Waals surface area contributed by atoms with Crippen LogP contribution in [-0.2, 0) is 0 Å². The Morgan fingerprint density at radius 1 is 0.889 bits per heavy atom. The van der Waals surface area contributed by atoms with E-state index >= 15 is 0 Å². The van der Waals surface area contributed by atoms with Crippen molar-refractivity contribution >= 4 is 15.8 Å². The topological polar surface area (TPSA) is 0 Å². The summed E-state index contributed by atoms with van der Waals surface area (Å²) >= 11 is 0. The van der Waals surface area contributed by atoms with Crippen molar-refractivity contribution < 1.29 is 0 Å². The van der Waals surface area contributed by atoms with Crippen LogP contribution in [0.4, 0.5) is 0 Å². The van der Waals surface area contributed by atoms with Gasteiger partial charge < -0.3 is 0 Å². The minimum atomic E-state index is 0.0234. The molecule has 0 aliphatic rings. The second-order valence-corrected chi connectivity index (χ2v) is 8.41. The maximum atomic E-state index is 4.12. The summed E-state index contributed by atoms with van der Waals surface area (Å²) in [7, 11) is 0.0468. The highest BCUT2D eigenvalue weighted by atomic mass is 31.2. The lowest BCUT2D eigenvalue weighted by Gasteiger charge is -2.33. The van der Waals surface area contributed by atoms with Gasteiger partial charge in [0.2, 0.25) is 0 Å². The summed E-state index contributed by atoms with van der Waals surface area (Å²) in [6.45, 7) is 17.2. The first-order chi connectivity index (χ1) is 3.89. The van der Waals surface area contributed by atoms with Crippen LogP contribution >= 0.6 is 15.8 Å². The fourth-order valence-corrected chi connectivity index (χ4v) is 3.60. The Labute approximate surface area is 61.9 Å². The highest BCUT2D eigenvalue weighted by Crippen LogP contribution is 2.59. The molecule has 9 heavy (non-hydrogen) atoms. The fraction of sp³-hybridized carbons (Fsp3) is 0.714. The largest absolute Gasteiger partial charge is 0.102 e. The SMILES string of the molecule is [CH2]C([CH2])(P(C)C)P(C)C. The molecular weight excluding hydrogens is 146 g/mol. The Morgan fingerprint density at radius 3 is 1.11 bits per heavy atom. The van der Waals surface area contributed by atoms with Crippen LogP contribution in [0.3, 0.4) is 0 Å². The molecule has 0 bridgehead atoms. The molecule has 0 spiro atoms. The summed E-state index contributed by atoms with van der Waals surface area (Å²) < 4.78 is 0. The predicted octanol–water partition coefficient (Wildman–Crippen LogP) is 2.83. The monoisotopic (exact) mass is 162 g/mol. The van der Waals surface area contributed by atoms with E-state index in [0.717, 1.165) is 0 Å². The van der Waals surface area contributed by atoms with Crippen molar-refractivity contribution in [3.63, 3.8) is 0 Å². The number of hydrogen-bond acceptors (Lipinski definition) is 0. The molecule has 0 nitrogen and oxygen atoms in total. The summed E-state index contributed by atoms with van der Waals surface area (Å²) in [6.07, 6.45) is 0. The second kappa shape index (κ2) is 3.31. The van der Waals surface area contributed by atoms with Crippen LogP contribution in [0.15, 0.2) is 0 Å². The summed E-state index contributed by atoms with van der Waals surface area (Å²) in [5.41, 5.74) is 0. The van der Waals surface area contributed by atoms with Crippen molar-refractivity contribution in [2.45, 2.75) is 4.90 Å². The molecule has 0 aromatic heterocycles. The minimum Gasteiger partial charge on any atom is -0.102 e. The smallest absolute Gasteiger partial charge is 0.00970 e. The van der Waals surface area contributed by atoms with Gasteiger partial charge in [0.1, 0.15) is 0 Å². The van der Waals surface area contributed by atoms with Crippen LogP contribution in [0, 0.1) is 13.8 Å². The molecule has 0 aliphatic heterocycles. The van der Waals surface area contributed by atoms with E-state index in [9.17, 15) is 0 Å². The maximum Gasteiger partial charge on any atom is 0.00970 e. The molecule has 0 aliphatic carbocycles. The van der Waals surface area contributed by atoms with Crippen LogP contribution in [0.2, 0.25) is 0 Å².